The number of nitrogens with one attached hydrogen (secondary N) is 1. The van der Waals surface area contributed by atoms with Gasteiger partial charge in [-0.05, 0) is 60.7 Å². The number of carboxylic acids is 1. The summed E-state index contributed by atoms with van der Waals surface area (Å²) in [4.78, 5) is 36.7. The molecule has 1 amide bonds. The van der Waals surface area contributed by atoms with E-state index >= 15 is 0 Å². The van der Waals surface area contributed by atoms with Crippen molar-refractivity contribution >= 4 is 18.0 Å². The van der Waals surface area contributed by atoms with E-state index in [1.165, 1.54) is 24.3 Å². The molecule has 0 aliphatic heterocycles. The summed E-state index contributed by atoms with van der Waals surface area (Å²) in [5.74, 6) is -2.16. The number of aliphatic carboxylic acids is 1. The third-order valence-corrected chi connectivity index (χ3v) is 6.09. The van der Waals surface area contributed by atoms with Crippen LogP contribution in [-0.4, -0.2) is 46.5 Å². The summed E-state index contributed by atoms with van der Waals surface area (Å²) in [6, 6.07) is 19.7. The lowest BCUT2D eigenvalue weighted by molar-refractivity contribution is -0.142. The quantitative estimate of drug-likeness (QED) is 0.401. The number of carbonyl (C=O) groups is 3. The summed E-state index contributed by atoms with van der Waals surface area (Å²) in [7, 11) is 0. The van der Waals surface area contributed by atoms with Gasteiger partial charge < -0.3 is 25.0 Å². The zero-order chi connectivity index (χ0) is 26.7. The molecule has 0 saturated heterocycles. The molecule has 3 aromatic carbocycles. The summed E-state index contributed by atoms with van der Waals surface area (Å²) in [5, 5.41) is 22.6. The van der Waals surface area contributed by atoms with E-state index in [1.807, 2.05) is 48.5 Å². The van der Waals surface area contributed by atoms with Crippen LogP contribution in [-0.2, 0) is 14.3 Å². The SMILES string of the molecule is CC(C)(C)OC(=O)c1ccc([C@@H](O)C(NC(=O)OCC2c3ccccc3-c3ccccc32)C(=O)O)cc1. The Morgan fingerprint density at radius 1 is 0.892 bits per heavy atom. The van der Waals surface area contributed by atoms with Gasteiger partial charge in [-0.3, -0.25) is 0 Å². The smallest absolute Gasteiger partial charge is 0.407 e. The van der Waals surface area contributed by atoms with Crippen LogP contribution in [0.2, 0.25) is 0 Å². The number of amides is 1. The van der Waals surface area contributed by atoms with E-state index in [4.69, 9.17) is 9.47 Å². The number of benzene rings is 3. The topological polar surface area (TPSA) is 122 Å². The fourth-order valence-electron chi connectivity index (χ4n) is 4.39. The number of carboxylic acid groups (broad SMARTS) is 1. The van der Waals surface area contributed by atoms with Crippen molar-refractivity contribution in [1.29, 1.82) is 0 Å². The summed E-state index contributed by atoms with van der Waals surface area (Å²) >= 11 is 0. The molecule has 37 heavy (non-hydrogen) atoms. The molecule has 3 aromatic rings. The maximum Gasteiger partial charge on any atom is 0.407 e. The lowest BCUT2D eigenvalue weighted by Crippen LogP contribution is -2.45. The number of aliphatic hydroxyl groups excluding tert-OH is 1. The number of aliphatic hydroxyl groups is 1. The summed E-state index contributed by atoms with van der Waals surface area (Å²) in [5.41, 5.74) is 3.98. The van der Waals surface area contributed by atoms with Crippen LogP contribution in [0.5, 0.6) is 0 Å². The van der Waals surface area contributed by atoms with Crippen molar-refractivity contribution in [3.05, 3.63) is 95.1 Å². The number of hydrogen-bond donors (Lipinski definition) is 3. The van der Waals surface area contributed by atoms with Gasteiger partial charge in [0.25, 0.3) is 0 Å². The molecule has 3 N–H and O–H groups in total. The van der Waals surface area contributed by atoms with E-state index in [0.717, 1.165) is 22.3 Å². The van der Waals surface area contributed by atoms with E-state index in [0.29, 0.717) is 0 Å². The van der Waals surface area contributed by atoms with Gasteiger partial charge >= 0.3 is 18.0 Å². The van der Waals surface area contributed by atoms with Gasteiger partial charge in [0.2, 0.25) is 0 Å². The second-order valence-corrected chi connectivity index (χ2v) is 9.85. The van der Waals surface area contributed by atoms with Crippen LogP contribution in [0.1, 0.15) is 59.8 Å². The van der Waals surface area contributed by atoms with Gasteiger partial charge in [-0.1, -0.05) is 60.7 Å². The molecule has 4 rings (SSSR count). The van der Waals surface area contributed by atoms with Gasteiger partial charge in [0.05, 0.1) is 5.56 Å². The molecule has 8 nitrogen and oxygen atoms in total. The maximum atomic E-state index is 12.6. The van der Waals surface area contributed by atoms with Crippen molar-refractivity contribution in [3.8, 4) is 11.1 Å². The third kappa shape index (κ3) is 5.81. The highest BCUT2D eigenvalue weighted by Crippen LogP contribution is 2.44. The lowest BCUT2D eigenvalue weighted by atomic mass is 9.98. The lowest BCUT2D eigenvalue weighted by Gasteiger charge is -2.22. The first-order valence-corrected chi connectivity index (χ1v) is 11.9. The Kier molecular flexibility index (Phi) is 7.31. The molecule has 2 atom stereocenters. The number of hydrogen-bond acceptors (Lipinski definition) is 6. The summed E-state index contributed by atoms with van der Waals surface area (Å²) < 4.78 is 10.7. The van der Waals surface area contributed by atoms with Gasteiger partial charge in [0.1, 0.15) is 18.3 Å². The molecule has 0 bridgehead atoms. The van der Waals surface area contributed by atoms with Gasteiger partial charge in [-0.25, -0.2) is 14.4 Å². The minimum Gasteiger partial charge on any atom is -0.480 e. The fourth-order valence-corrected chi connectivity index (χ4v) is 4.39. The van der Waals surface area contributed by atoms with Gasteiger partial charge in [-0.2, -0.15) is 0 Å². The van der Waals surface area contributed by atoms with Crippen LogP contribution in [0.3, 0.4) is 0 Å². The molecule has 0 saturated carbocycles. The Hall–Kier alpha value is -4.17. The molecule has 0 spiro atoms. The van der Waals surface area contributed by atoms with E-state index in [-0.39, 0.29) is 23.7 Å². The predicted octanol–water partition coefficient (Wildman–Crippen LogP) is 4.67. The van der Waals surface area contributed by atoms with E-state index in [2.05, 4.69) is 5.32 Å². The Morgan fingerprint density at radius 3 is 1.95 bits per heavy atom. The number of rotatable bonds is 7. The third-order valence-electron chi connectivity index (χ3n) is 6.09. The molecule has 0 aromatic heterocycles. The molecular weight excluding hydrogens is 474 g/mol. The number of ether oxygens (including phenoxy) is 2. The van der Waals surface area contributed by atoms with Crippen molar-refractivity contribution in [1.82, 2.24) is 5.32 Å². The normalized spacial score (nSPS) is 14.2. The number of carbonyl (C=O) groups excluding carboxylic acids is 2. The van der Waals surface area contributed by atoms with E-state index < -0.39 is 35.8 Å². The van der Waals surface area contributed by atoms with Crippen LogP contribution < -0.4 is 5.32 Å². The molecular formula is C29H29NO7. The zero-order valence-corrected chi connectivity index (χ0v) is 20.8. The Morgan fingerprint density at radius 2 is 1.43 bits per heavy atom. The second-order valence-electron chi connectivity index (χ2n) is 9.85. The predicted molar refractivity (Wildman–Crippen MR) is 136 cm³/mol. The molecule has 192 valence electrons. The molecule has 0 heterocycles. The van der Waals surface area contributed by atoms with Crippen LogP contribution in [0, 0.1) is 0 Å². The monoisotopic (exact) mass is 503 g/mol. The van der Waals surface area contributed by atoms with Gasteiger partial charge in [-0.15, -0.1) is 0 Å². The number of fused-ring (bicyclic) bond motifs is 3. The fraction of sp³-hybridized carbons (Fsp3) is 0.276. The van der Waals surface area contributed by atoms with Crippen LogP contribution >= 0.6 is 0 Å². The molecule has 1 unspecified atom stereocenters. The Bertz CT molecular complexity index is 1260. The Balaban J connectivity index is 1.42. The maximum absolute atomic E-state index is 12.6. The zero-order valence-electron chi connectivity index (χ0n) is 20.8. The van der Waals surface area contributed by atoms with Crippen molar-refractivity contribution in [2.24, 2.45) is 0 Å². The molecule has 1 aliphatic carbocycles. The molecule has 1 aliphatic rings. The average molecular weight is 504 g/mol. The van der Waals surface area contributed by atoms with Crippen LogP contribution in [0.25, 0.3) is 11.1 Å². The number of esters is 1. The molecule has 8 heteroatoms. The van der Waals surface area contributed by atoms with Crippen LogP contribution in [0.15, 0.2) is 72.8 Å². The molecule has 0 fully saturated rings. The minimum absolute atomic E-state index is 0.00683. The summed E-state index contributed by atoms with van der Waals surface area (Å²) in [6.45, 7) is 5.24. The van der Waals surface area contributed by atoms with E-state index in [9.17, 15) is 24.6 Å². The van der Waals surface area contributed by atoms with E-state index in [1.54, 1.807) is 20.8 Å². The summed E-state index contributed by atoms with van der Waals surface area (Å²) in [6.07, 6.45) is -2.54. The van der Waals surface area contributed by atoms with Gasteiger partial charge in [0.15, 0.2) is 6.04 Å². The van der Waals surface area contributed by atoms with Crippen molar-refractivity contribution in [2.45, 2.75) is 44.4 Å². The van der Waals surface area contributed by atoms with Gasteiger partial charge in [0, 0.05) is 5.92 Å². The first-order valence-electron chi connectivity index (χ1n) is 11.9. The minimum atomic E-state index is -1.66. The highest BCUT2D eigenvalue weighted by molar-refractivity contribution is 5.89. The first-order chi connectivity index (χ1) is 17.5. The highest BCUT2D eigenvalue weighted by Gasteiger charge is 2.32. The Labute approximate surface area is 214 Å². The average Bonchev–Trinajstić information content (AvgIpc) is 3.18. The van der Waals surface area contributed by atoms with Crippen LogP contribution in [0.4, 0.5) is 4.79 Å². The number of alkyl carbamates (subject to hydrolysis) is 1. The van der Waals surface area contributed by atoms with Crippen molar-refractivity contribution in [2.75, 3.05) is 6.61 Å². The largest absolute Gasteiger partial charge is 0.480 e. The standard InChI is InChI=1S/C29H29NO7/c1-29(2,3)37-27(34)18-14-12-17(13-15-18)25(31)24(26(32)33)30-28(35)36-16-23-21-10-6-4-8-19(21)20-9-5-7-11-22(20)23/h4-15,23-25,31H,16H2,1-3H3,(H,30,35)(H,32,33)/t24?,25-/m1/s1. The first kappa shape index (κ1) is 25.9. The van der Waals surface area contributed by atoms with Crippen molar-refractivity contribution in [3.63, 3.8) is 0 Å². The highest BCUT2D eigenvalue weighted by atomic mass is 16.6. The second kappa shape index (κ2) is 10.4. The van der Waals surface area contributed by atoms with Crippen molar-refractivity contribution < 1.29 is 34.1 Å². The molecule has 0 radical (unpaired) electrons.